The molecule has 0 saturated carbocycles. The molecule has 2 aliphatic rings. The number of cyclic esters (lactones) is 1. The molecule has 0 bridgehead atoms. The lowest BCUT2D eigenvalue weighted by molar-refractivity contribution is -0.119. The first-order valence-electron chi connectivity index (χ1n) is 9.28. The largest absolute Gasteiger partial charge is 0.442 e. The highest BCUT2D eigenvalue weighted by atomic mass is 19.1. The minimum atomic E-state index is -0.544. The Bertz CT molecular complexity index is 693. The summed E-state index contributed by atoms with van der Waals surface area (Å²) in [5, 5.41) is 2.61. The number of piperidine rings is 1. The second kappa shape index (κ2) is 8.65. The number of hydrogen-bond acceptors (Lipinski definition) is 4. The van der Waals surface area contributed by atoms with Crippen LogP contribution in [0, 0.1) is 5.82 Å². The van der Waals surface area contributed by atoms with Crippen LogP contribution in [-0.2, 0) is 9.53 Å². The molecule has 0 aromatic heterocycles. The van der Waals surface area contributed by atoms with Crippen molar-refractivity contribution in [1.29, 1.82) is 0 Å². The van der Waals surface area contributed by atoms with Crippen molar-refractivity contribution in [1.82, 2.24) is 10.2 Å². The van der Waals surface area contributed by atoms with Crippen LogP contribution in [0.4, 0.5) is 19.3 Å². The molecule has 1 atom stereocenters. The number of likely N-dealkylation sites (tertiary alicyclic amines) is 1. The highest BCUT2D eigenvalue weighted by Crippen LogP contribution is 2.32. The molecule has 1 N–H and O–H groups in total. The van der Waals surface area contributed by atoms with Gasteiger partial charge in [0, 0.05) is 13.5 Å². The smallest absolute Gasteiger partial charge is 0.414 e. The van der Waals surface area contributed by atoms with Crippen LogP contribution in [0.2, 0.25) is 0 Å². The minimum absolute atomic E-state index is 0.105. The minimum Gasteiger partial charge on any atom is -0.442 e. The summed E-state index contributed by atoms with van der Waals surface area (Å²) < 4.78 is 32.4. The van der Waals surface area contributed by atoms with Gasteiger partial charge in [0.25, 0.3) is 0 Å². The predicted octanol–water partition coefficient (Wildman–Crippen LogP) is 2.44. The standard InChI is InChI=1S/C19H25F2N3O3/c1-13(25)22-11-16-12-24(19(26)27-16)15-2-3-17(18(21)10-15)14-4-7-23(8-5-14)9-6-20/h2-3,10,14,16H,4-9,11-12H2,1H3,(H,22,25). The van der Waals surface area contributed by atoms with Crippen molar-refractivity contribution >= 4 is 17.7 Å². The maximum Gasteiger partial charge on any atom is 0.414 e. The third-order valence-corrected chi connectivity index (χ3v) is 5.18. The van der Waals surface area contributed by atoms with E-state index in [0.717, 1.165) is 25.9 Å². The van der Waals surface area contributed by atoms with E-state index in [-0.39, 0.29) is 37.4 Å². The zero-order valence-electron chi connectivity index (χ0n) is 15.4. The van der Waals surface area contributed by atoms with E-state index in [1.165, 1.54) is 17.9 Å². The number of nitrogens with zero attached hydrogens (tertiary/aromatic N) is 2. The quantitative estimate of drug-likeness (QED) is 0.822. The molecule has 2 heterocycles. The summed E-state index contributed by atoms with van der Waals surface area (Å²) in [5.41, 5.74) is 1.09. The van der Waals surface area contributed by atoms with Gasteiger partial charge in [-0.25, -0.2) is 13.6 Å². The van der Waals surface area contributed by atoms with E-state index in [4.69, 9.17) is 4.74 Å². The Morgan fingerprint density at radius 3 is 2.70 bits per heavy atom. The van der Waals surface area contributed by atoms with E-state index in [1.54, 1.807) is 12.1 Å². The molecule has 2 amide bonds. The first-order chi connectivity index (χ1) is 13.0. The fourth-order valence-electron chi connectivity index (χ4n) is 3.70. The summed E-state index contributed by atoms with van der Waals surface area (Å²) in [6.07, 6.45) is 0.586. The molecule has 0 aliphatic carbocycles. The molecular formula is C19H25F2N3O3. The van der Waals surface area contributed by atoms with Crippen LogP contribution >= 0.6 is 0 Å². The lowest BCUT2D eigenvalue weighted by atomic mass is 9.89. The number of benzene rings is 1. The van der Waals surface area contributed by atoms with Crippen molar-refractivity contribution in [2.24, 2.45) is 0 Å². The third-order valence-electron chi connectivity index (χ3n) is 5.18. The molecule has 2 aliphatic heterocycles. The second-order valence-electron chi connectivity index (χ2n) is 7.06. The zero-order chi connectivity index (χ0) is 19.4. The number of rotatable bonds is 6. The first kappa shape index (κ1) is 19.5. The Morgan fingerprint density at radius 1 is 1.33 bits per heavy atom. The van der Waals surface area contributed by atoms with Crippen LogP contribution < -0.4 is 10.2 Å². The lowest BCUT2D eigenvalue weighted by Gasteiger charge is -2.31. The van der Waals surface area contributed by atoms with Crippen molar-refractivity contribution in [2.45, 2.75) is 31.8 Å². The molecule has 148 valence electrons. The average Bonchev–Trinajstić information content (AvgIpc) is 3.02. The molecule has 1 aromatic carbocycles. The van der Waals surface area contributed by atoms with E-state index in [2.05, 4.69) is 10.2 Å². The molecule has 2 saturated heterocycles. The van der Waals surface area contributed by atoms with E-state index in [9.17, 15) is 18.4 Å². The number of ether oxygens (including phenoxy) is 1. The molecule has 6 nitrogen and oxygen atoms in total. The second-order valence-corrected chi connectivity index (χ2v) is 7.06. The molecule has 1 unspecified atom stereocenters. The SMILES string of the molecule is CC(=O)NCC1CN(c2ccc(C3CCN(CCF)CC3)c(F)c2)C(=O)O1. The van der Waals surface area contributed by atoms with Crippen molar-refractivity contribution < 1.29 is 23.1 Å². The van der Waals surface area contributed by atoms with Gasteiger partial charge in [0.05, 0.1) is 18.8 Å². The number of carbonyl (C=O) groups excluding carboxylic acids is 2. The van der Waals surface area contributed by atoms with Gasteiger partial charge in [-0.3, -0.25) is 9.69 Å². The van der Waals surface area contributed by atoms with Crippen LogP contribution in [0.1, 0.15) is 31.2 Å². The van der Waals surface area contributed by atoms with Gasteiger partial charge in [-0.05, 0) is 49.5 Å². The number of halogens is 2. The number of carbonyl (C=O) groups is 2. The summed E-state index contributed by atoms with van der Waals surface area (Å²) in [5.74, 6) is -0.431. The molecule has 0 spiro atoms. The summed E-state index contributed by atoms with van der Waals surface area (Å²) in [6.45, 7) is 3.49. The Kier molecular flexibility index (Phi) is 6.26. The fraction of sp³-hybridized carbons (Fsp3) is 0.579. The third kappa shape index (κ3) is 4.74. The monoisotopic (exact) mass is 381 g/mol. The number of amides is 2. The van der Waals surface area contributed by atoms with Gasteiger partial charge in [-0.15, -0.1) is 0 Å². The Labute approximate surface area is 157 Å². The maximum absolute atomic E-state index is 14.7. The topological polar surface area (TPSA) is 61.9 Å². The Hall–Kier alpha value is -2.22. The maximum atomic E-state index is 14.7. The van der Waals surface area contributed by atoms with Crippen molar-refractivity contribution in [3.63, 3.8) is 0 Å². The lowest BCUT2D eigenvalue weighted by Crippen LogP contribution is -2.34. The summed E-state index contributed by atoms with van der Waals surface area (Å²) >= 11 is 0. The number of alkyl halides is 1. The molecule has 8 heteroatoms. The van der Waals surface area contributed by atoms with Crippen molar-refractivity contribution in [2.75, 3.05) is 44.3 Å². The molecule has 2 fully saturated rings. The summed E-state index contributed by atoms with van der Waals surface area (Å²) in [7, 11) is 0. The van der Waals surface area contributed by atoms with Gasteiger partial charge in [0.2, 0.25) is 5.91 Å². The van der Waals surface area contributed by atoms with Gasteiger partial charge in [0.15, 0.2) is 0 Å². The van der Waals surface area contributed by atoms with E-state index in [1.807, 2.05) is 0 Å². The number of anilines is 1. The van der Waals surface area contributed by atoms with Gasteiger partial charge in [0.1, 0.15) is 18.6 Å². The fourth-order valence-corrected chi connectivity index (χ4v) is 3.70. The zero-order valence-corrected chi connectivity index (χ0v) is 15.4. The van der Waals surface area contributed by atoms with Crippen LogP contribution in [0.3, 0.4) is 0 Å². The first-order valence-corrected chi connectivity index (χ1v) is 9.28. The van der Waals surface area contributed by atoms with E-state index >= 15 is 0 Å². The molecule has 1 aromatic rings. The normalized spacial score (nSPS) is 21.4. The van der Waals surface area contributed by atoms with E-state index < -0.39 is 12.2 Å². The average molecular weight is 381 g/mol. The van der Waals surface area contributed by atoms with Gasteiger partial charge >= 0.3 is 6.09 Å². The Morgan fingerprint density at radius 2 is 2.07 bits per heavy atom. The molecular weight excluding hydrogens is 356 g/mol. The predicted molar refractivity (Wildman–Crippen MR) is 97.1 cm³/mol. The van der Waals surface area contributed by atoms with Crippen LogP contribution in [0.15, 0.2) is 18.2 Å². The molecule has 3 rings (SSSR count). The number of nitrogens with one attached hydrogen (secondary N) is 1. The highest BCUT2D eigenvalue weighted by Gasteiger charge is 2.33. The van der Waals surface area contributed by atoms with Crippen LogP contribution in [0.25, 0.3) is 0 Å². The van der Waals surface area contributed by atoms with Gasteiger partial charge < -0.3 is 15.0 Å². The highest BCUT2D eigenvalue weighted by molar-refractivity contribution is 5.89. The molecule has 0 radical (unpaired) electrons. The van der Waals surface area contributed by atoms with Crippen LogP contribution in [-0.4, -0.2) is 62.4 Å². The number of hydrogen-bond donors (Lipinski definition) is 1. The van der Waals surface area contributed by atoms with Gasteiger partial charge in [-0.1, -0.05) is 6.07 Å². The Balaban J connectivity index is 1.63. The molecule has 27 heavy (non-hydrogen) atoms. The van der Waals surface area contributed by atoms with E-state index in [0.29, 0.717) is 17.8 Å². The van der Waals surface area contributed by atoms with Crippen LogP contribution in [0.5, 0.6) is 0 Å². The summed E-state index contributed by atoms with van der Waals surface area (Å²) in [6, 6.07) is 4.83. The van der Waals surface area contributed by atoms with Crippen molar-refractivity contribution in [3.8, 4) is 0 Å². The van der Waals surface area contributed by atoms with Crippen molar-refractivity contribution in [3.05, 3.63) is 29.6 Å². The summed E-state index contributed by atoms with van der Waals surface area (Å²) in [4.78, 5) is 26.5. The van der Waals surface area contributed by atoms with Gasteiger partial charge in [-0.2, -0.15) is 0 Å².